The Morgan fingerprint density at radius 2 is 1.92 bits per heavy atom. The Morgan fingerprint density at radius 1 is 1.12 bits per heavy atom. The Balaban J connectivity index is 1.78. The van der Waals surface area contributed by atoms with Gasteiger partial charge in [0.15, 0.2) is 11.7 Å². The SMILES string of the molecule is CCCCOCCCNC(=NCc1cc(-c2ccccc2)on1)NCC. The highest BCUT2D eigenvalue weighted by molar-refractivity contribution is 5.79. The maximum absolute atomic E-state index is 5.57. The second kappa shape index (κ2) is 12.1. The smallest absolute Gasteiger partial charge is 0.191 e. The number of nitrogens with zero attached hydrogens (tertiary/aromatic N) is 2. The number of aliphatic imine (C=N–C) groups is 1. The summed E-state index contributed by atoms with van der Waals surface area (Å²) < 4.78 is 11.0. The predicted octanol–water partition coefficient (Wildman–Crippen LogP) is 3.60. The molecule has 0 aliphatic carbocycles. The van der Waals surface area contributed by atoms with E-state index in [1.54, 1.807) is 0 Å². The molecular weight excluding hydrogens is 328 g/mol. The molecule has 0 atom stereocenters. The van der Waals surface area contributed by atoms with Crippen molar-refractivity contribution in [2.75, 3.05) is 26.3 Å². The van der Waals surface area contributed by atoms with Gasteiger partial charge in [-0.25, -0.2) is 4.99 Å². The Bertz CT molecular complexity index is 640. The van der Waals surface area contributed by atoms with Gasteiger partial charge >= 0.3 is 0 Å². The maximum atomic E-state index is 5.57. The summed E-state index contributed by atoms with van der Waals surface area (Å²) in [6, 6.07) is 11.9. The molecule has 6 heteroatoms. The zero-order valence-electron chi connectivity index (χ0n) is 15.8. The molecule has 0 aliphatic rings. The van der Waals surface area contributed by atoms with Crippen molar-refractivity contribution in [3.8, 4) is 11.3 Å². The molecule has 0 saturated heterocycles. The summed E-state index contributed by atoms with van der Waals surface area (Å²) in [6.45, 7) is 7.95. The van der Waals surface area contributed by atoms with E-state index in [9.17, 15) is 0 Å². The number of guanidine groups is 1. The average molecular weight is 358 g/mol. The maximum Gasteiger partial charge on any atom is 0.191 e. The van der Waals surface area contributed by atoms with Gasteiger partial charge in [0.2, 0.25) is 0 Å². The van der Waals surface area contributed by atoms with Crippen LogP contribution in [0.5, 0.6) is 0 Å². The molecule has 0 unspecified atom stereocenters. The van der Waals surface area contributed by atoms with E-state index in [4.69, 9.17) is 9.26 Å². The first kappa shape index (κ1) is 20.0. The Hall–Kier alpha value is -2.34. The van der Waals surface area contributed by atoms with Crippen LogP contribution in [-0.4, -0.2) is 37.4 Å². The molecule has 2 rings (SSSR count). The summed E-state index contributed by atoms with van der Waals surface area (Å²) in [4.78, 5) is 4.57. The van der Waals surface area contributed by atoms with Crippen molar-refractivity contribution in [2.24, 2.45) is 4.99 Å². The number of hydrogen-bond donors (Lipinski definition) is 2. The summed E-state index contributed by atoms with van der Waals surface area (Å²) in [5.41, 5.74) is 1.83. The van der Waals surface area contributed by atoms with Crippen LogP contribution in [0.15, 0.2) is 45.9 Å². The molecular formula is C20H30N4O2. The van der Waals surface area contributed by atoms with E-state index < -0.39 is 0 Å². The van der Waals surface area contributed by atoms with Crippen molar-refractivity contribution in [2.45, 2.75) is 39.7 Å². The minimum absolute atomic E-state index is 0.471. The largest absolute Gasteiger partial charge is 0.381 e. The van der Waals surface area contributed by atoms with Crippen molar-refractivity contribution in [3.63, 3.8) is 0 Å². The van der Waals surface area contributed by atoms with Crippen LogP contribution in [0.3, 0.4) is 0 Å². The highest BCUT2D eigenvalue weighted by Crippen LogP contribution is 2.19. The molecule has 1 aromatic carbocycles. The van der Waals surface area contributed by atoms with E-state index in [0.29, 0.717) is 6.54 Å². The molecule has 0 saturated carbocycles. The molecule has 2 aromatic rings. The van der Waals surface area contributed by atoms with Gasteiger partial charge in [-0.15, -0.1) is 0 Å². The van der Waals surface area contributed by atoms with Crippen LogP contribution in [0.4, 0.5) is 0 Å². The molecule has 6 nitrogen and oxygen atoms in total. The molecule has 0 spiro atoms. The number of ether oxygens (including phenoxy) is 1. The minimum atomic E-state index is 0.471. The lowest BCUT2D eigenvalue weighted by Gasteiger charge is -2.11. The second-order valence-corrected chi connectivity index (χ2v) is 5.99. The fourth-order valence-electron chi connectivity index (χ4n) is 2.36. The number of unbranched alkanes of at least 4 members (excludes halogenated alkanes) is 1. The fraction of sp³-hybridized carbons (Fsp3) is 0.500. The van der Waals surface area contributed by atoms with E-state index in [-0.39, 0.29) is 0 Å². The second-order valence-electron chi connectivity index (χ2n) is 5.99. The quantitative estimate of drug-likeness (QED) is 0.365. The molecule has 2 N–H and O–H groups in total. The van der Waals surface area contributed by atoms with E-state index >= 15 is 0 Å². The van der Waals surface area contributed by atoms with Gasteiger partial charge in [-0.1, -0.05) is 48.8 Å². The minimum Gasteiger partial charge on any atom is -0.381 e. The van der Waals surface area contributed by atoms with Gasteiger partial charge in [0.05, 0.1) is 6.54 Å². The third-order valence-electron chi connectivity index (χ3n) is 3.76. The van der Waals surface area contributed by atoms with Crippen molar-refractivity contribution in [1.82, 2.24) is 15.8 Å². The molecule has 0 bridgehead atoms. The van der Waals surface area contributed by atoms with Gasteiger partial charge in [-0.3, -0.25) is 0 Å². The first-order chi connectivity index (χ1) is 12.8. The van der Waals surface area contributed by atoms with Crippen LogP contribution in [-0.2, 0) is 11.3 Å². The number of aromatic nitrogens is 1. The number of benzene rings is 1. The lowest BCUT2D eigenvalue weighted by Crippen LogP contribution is -2.38. The Labute approximate surface area is 156 Å². The van der Waals surface area contributed by atoms with Gasteiger partial charge < -0.3 is 19.9 Å². The molecule has 1 aromatic heterocycles. The van der Waals surface area contributed by atoms with Gasteiger partial charge in [-0.2, -0.15) is 0 Å². The standard InChI is InChI=1S/C20H30N4O2/c1-3-5-13-25-14-9-12-22-20(21-4-2)23-16-18-15-19(26-24-18)17-10-7-6-8-11-17/h6-8,10-11,15H,3-5,9,12-14,16H2,1-2H3,(H2,21,22,23). The highest BCUT2D eigenvalue weighted by Gasteiger charge is 2.06. The first-order valence-electron chi connectivity index (χ1n) is 9.44. The highest BCUT2D eigenvalue weighted by atomic mass is 16.5. The van der Waals surface area contributed by atoms with Gasteiger partial charge in [0.1, 0.15) is 5.69 Å². The van der Waals surface area contributed by atoms with Crippen molar-refractivity contribution < 1.29 is 9.26 Å². The molecule has 0 radical (unpaired) electrons. The zero-order valence-corrected chi connectivity index (χ0v) is 15.8. The van der Waals surface area contributed by atoms with Crippen LogP contribution in [0.2, 0.25) is 0 Å². The first-order valence-corrected chi connectivity index (χ1v) is 9.44. The lowest BCUT2D eigenvalue weighted by atomic mass is 10.2. The summed E-state index contributed by atoms with van der Waals surface area (Å²) in [5, 5.41) is 10.7. The summed E-state index contributed by atoms with van der Waals surface area (Å²) >= 11 is 0. The van der Waals surface area contributed by atoms with E-state index in [0.717, 1.165) is 62.1 Å². The Morgan fingerprint density at radius 3 is 2.69 bits per heavy atom. The summed E-state index contributed by atoms with van der Waals surface area (Å²) in [6.07, 6.45) is 3.25. The summed E-state index contributed by atoms with van der Waals surface area (Å²) in [5.74, 6) is 1.54. The fourth-order valence-corrected chi connectivity index (χ4v) is 2.36. The monoisotopic (exact) mass is 358 g/mol. The lowest BCUT2D eigenvalue weighted by molar-refractivity contribution is 0.129. The van der Waals surface area contributed by atoms with Crippen molar-refractivity contribution >= 4 is 5.96 Å². The van der Waals surface area contributed by atoms with Crippen molar-refractivity contribution in [3.05, 3.63) is 42.1 Å². The van der Waals surface area contributed by atoms with E-state index in [2.05, 4.69) is 34.6 Å². The molecule has 1 heterocycles. The zero-order chi connectivity index (χ0) is 18.5. The molecule has 0 aliphatic heterocycles. The van der Waals surface area contributed by atoms with Crippen molar-refractivity contribution in [1.29, 1.82) is 0 Å². The third kappa shape index (κ3) is 7.27. The van der Waals surface area contributed by atoms with Gasteiger partial charge in [-0.05, 0) is 19.8 Å². The molecule has 26 heavy (non-hydrogen) atoms. The topological polar surface area (TPSA) is 71.7 Å². The van der Waals surface area contributed by atoms with E-state index in [1.165, 1.54) is 6.42 Å². The molecule has 142 valence electrons. The number of rotatable bonds is 11. The number of nitrogens with one attached hydrogen (secondary N) is 2. The normalized spacial score (nSPS) is 11.5. The van der Waals surface area contributed by atoms with E-state index in [1.807, 2.05) is 36.4 Å². The van der Waals surface area contributed by atoms with Crippen LogP contribution in [0, 0.1) is 0 Å². The molecule has 0 fully saturated rings. The van der Waals surface area contributed by atoms with Crippen LogP contribution < -0.4 is 10.6 Å². The Kier molecular flexibility index (Phi) is 9.29. The van der Waals surface area contributed by atoms with Crippen LogP contribution >= 0.6 is 0 Å². The van der Waals surface area contributed by atoms with Crippen LogP contribution in [0.1, 0.15) is 38.8 Å². The third-order valence-corrected chi connectivity index (χ3v) is 3.76. The summed E-state index contributed by atoms with van der Waals surface area (Å²) in [7, 11) is 0. The predicted molar refractivity (Wildman–Crippen MR) is 105 cm³/mol. The van der Waals surface area contributed by atoms with Gasteiger partial charge in [0.25, 0.3) is 0 Å². The average Bonchev–Trinajstić information content (AvgIpc) is 3.15. The number of hydrogen-bond acceptors (Lipinski definition) is 4. The van der Waals surface area contributed by atoms with Crippen LogP contribution in [0.25, 0.3) is 11.3 Å². The van der Waals surface area contributed by atoms with Gasteiger partial charge in [0, 0.05) is 37.9 Å². The molecule has 0 amide bonds.